The highest BCUT2D eigenvalue weighted by Crippen LogP contribution is 2.52. The zero-order valence-electron chi connectivity index (χ0n) is 20.9. The number of nitrogens with zero attached hydrogens (tertiary/aromatic N) is 7. The van der Waals surface area contributed by atoms with E-state index in [0.29, 0.717) is 11.1 Å². The van der Waals surface area contributed by atoms with Crippen LogP contribution in [0.5, 0.6) is 0 Å². The lowest BCUT2D eigenvalue weighted by Crippen LogP contribution is -2.05. The van der Waals surface area contributed by atoms with E-state index in [4.69, 9.17) is 0 Å². The number of alkyl halides is 3. The number of hydrogen-bond acceptors (Lipinski definition) is 7. The van der Waals surface area contributed by atoms with Gasteiger partial charge >= 0.3 is 6.18 Å². The molecule has 0 saturated heterocycles. The van der Waals surface area contributed by atoms with Crippen LogP contribution in [0.2, 0.25) is 0 Å². The van der Waals surface area contributed by atoms with Crippen LogP contribution < -0.4 is 0 Å². The Morgan fingerprint density at radius 3 is 1.55 bits per heavy atom. The van der Waals surface area contributed by atoms with E-state index in [1.54, 1.807) is 36.4 Å². The molecular weight excluding hydrogens is 539 g/mol. The molecule has 0 fully saturated rings. The molecule has 2 aliphatic carbocycles. The van der Waals surface area contributed by atoms with Crippen LogP contribution >= 0.6 is 0 Å². The lowest BCUT2D eigenvalue weighted by Gasteiger charge is -2.11. The van der Waals surface area contributed by atoms with E-state index >= 15 is 0 Å². The maximum absolute atomic E-state index is 13.6. The number of fused-ring (bicyclic) bond motifs is 4. The van der Waals surface area contributed by atoms with E-state index in [9.17, 15) is 50.0 Å². The summed E-state index contributed by atoms with van der Waals surface area (Å²) in [6, 6.07) is 23.2. The summed E-state index contributed by atoms with van der Waals surface area (Å²) in [4.78, 5) is 0. The zero-order valence-corrected chi connectivity index (χ0v) is 20.9. The molecule has 0 atom stereocenters. The van der Waals surface area contributed by atoms with Crippen LogP contribution in [-0.4, -0.2) is 0 Å². The first kappa shape index (κ1) is 26.7. The second-order valence-electron chi connectivity index (χ2n) is 8.99. The normalized spacial score (nSPS) is 12.3. The Bertz CT molecular complexity index is 2170. The average Bonchev–Trinajstić information content (AvgIpc) is 3.49. The molecule has 10 heteroatoms. The number of allylic oxidation sites excluding steroid dienone is 5. The van der Waals surface area contributed by atoms with Crippen molar-refractivity contribution in [3.8, 4) is 53.6 Å². The van der Waals surface area contributed by atoms with Gasteiger partial charge in [-0.05, 0) is 63.7 Å². The molecule has 0 bridgehead atoms. The molecule has 0 aromatic heterocycles. The lowest BCUT2D eigenvalue weighted by molar-refractivity contribution is -0.137. The minimum Gasteiger partial charge on any atom is -0.192 e. The smallest absolute Gasteiger partial charge is 0.192 e. The van der Waals surface area contributed by atoms with Gasteiger partial charge < -0.3 is 0 Å². The highest BCUT2D eigenvalue weighted by Gasteiger charge is 2.36. The van der Waals surface area contributed by atoms with Gasteiger partial charge in [0.05, 0.1) is 22.3 Å². The van der Waals surface area contributed by atoms with Crippen LogP contribution in [0.3, 0.4) is 0 Å². The van der Waals surface area contributed by atoms with Crippen LogP contribution in [0.4, 0.5) is 13.2 Å². The summed E-state index contributed by atoms with van der Waals surface area (Å²) >= 11 is 0. The highest BCUT2D eigenvalue weighted by molar-refractivity contribution is 6.26. The second kappa shape index (κ2) is 9.69. The van der Waals surface area contributed by atoms with Crippen molar-refractivity contribution in [2.24, 2.45) is 0 Å². The molecule has 0 heterocycles. The van der Waals surface area contributed by atoms with Gasteiger partial charge in [-0.25, -0.2) is 0 Å². The summed E-state index contributed by atoms with van der Waals surface area (Å²) in [5, 5.41) is 68.2. The molecule has 0 unspecified atom stereocenters. The molecule has 0 amide bonds. The molecule has 3 aromatic carbocycles. The molecule has 3 aromatic rings. The molecule has 7 nitrogen and oxygen atoms in total. The summed E-state index contributed by atoms with van der Waals surface area (Å²) in [6.07, 6.45) is -4.68. The number of benzene rings is 3. The average molecular weight is 547 g/mol. The van der Waals surface area contributed by atoms with Crippen molar-refractivity contribution >= 4 is 22.3 Å². The first-order valence-electron chi connectivity index (χ1n) is 11.8. The molecule has 0 saturated carbocycles. The Morgan fingerprint density at radius 2 is 1.02 bits per heavy atom. The van der Waals surface area contributed by atoms with Crippen LogP contribution in [0.1, 0.15) is 44.5 Å². The van der Waals surface area contributed by atoms with Gasteiger partial charge in [-0.2, -0.15) is 50.0 Å². The fourth-order valence-corrected chi connectivity index (χ4v) is 5.25. The molecule has 192 valence electrons. The first-order valence-corrected chi connectivity index (χ1v) is 11.8. The molecule has 2 aliphatic rings. The van der Waals surface area contributed by atoms with Gasteiger partial charge in [0.2, 0.25) is 0 Å². The second-order valence-corrected chi connectivity index (χ2v) is 8.99. The summed E-state index contributed by atoms with van der Waals surface area (Å²) in [5.41, 5.74) is 0.00788. The van der Waals surface area contributed by atoms with E-state index in [2.05, 4.69) is 0 Å². The summed E-state index contributed by atoms with van der Waals surface area (Å²) in [6.45, 7) is 0. The van der Waals surface area contributed by atoms with Crippen molar-refractivity contribution in [1.29, 1.82) is 36.8 Å². The fourth-order valence-electron chi connectivity index (χ4n) is 5.25. The van der Waals surface area contributed by atoms with E-state index in [1.807, 2.05) is 18.2 Å². The highest BCUT2D eigenvalue weighted by atomic mass is 19.4. The minimum absolute atomic E-state index is 0.00914. The third-order valence-corrected chi connectivity index (χ3v) is 6.98. The van der Waals surface area contributed by atoms with E-state index in [1.165, 1.54) is 24.3 Å². The third kappa shape index (κ3) is 3.77. The molecule has 0 spiro atoms. The quantitative estimate of drug-likeness (QED) is 0.244. The predicted molar refractivity (Wildman–Crippen MR) is 141 cm³/mol. The Morgan fingerprint density at radius 1 is 0.524 bits per heavy atom. The molecule has 0 N–H and O–H groups in total. The maximum Gasteiger partial charge on any atom is 0.416 e. The third-order valence-electron chi connectivity index (χ3n) is 6.98. The van der Waals surface area contributed by atoms with E-state index < -0.39 is 17.3 Å². The molecule has 0 aliphatic heterocycles. The Balaban J connectivity index is 1.86. The van der Waals surface area contributed by atoms with Crippen LogP contribution in [0.25, 0.3) is 33.4 Å². The van der Waals surface area contributed by atoms with Crippen LogP contribution in [0, 0.1) is 79.3 Å². The fraction of sp³-hybridized carbons (Fsp3) is 0.0312. The molecule has 0 radical (unpaired) electrons. The summed E-state index contributed by atoms with van der Waals surface area (Å²) < 4.78 is 40.7. The molecule has 42 heavy (non-hydrogen) atoms. The SMILES string of the molecule is N#CC(C#N)=C1C(c2ccc3c(c2)C(=C(C#N)C#N)c2cc(C(F)(F)F)ccc2-3)=C(C#N)c2cc(C#N)c(C#N)cc21. The van der Waals surface area contributed by atoms with Crippen molar-refractivity contribution in [1.82, 2.24) is 0 Å². The number of rotatable bonds is 1. The standard InChI is InChI=1S/C32H8F3N7/c33-32(34,35)21-2-4-23-22-3-1-16(5-25(22)29(27(23)8-21)19(11-38)12-39)30-28(15-42)24-6-17(9-36)18(10-37)7-26(24)31(30)20(13-40)14-41/h1-8H. The molecule has 5 rings (SSSR count). The first-order chi connectivity index (χ1) is 20.2. The predicted octanol–water partition coefficient (Wildman–Crippen LogP) is 6.53. The van der Waals surface area contributed by atoms with Gasteiger partial charge in [0.1, 0.15) is 53.6 Å². The Hall–Kier alpha value is -6.90. The van der Waals surface area contributed by atoms with Crippen molar-refractivity contribution in [3.05, 3.63) is 104 Å². The summed E-state index contributed by atoms with van der Waals surface area (Å²) in [7, 11) is 0. The van der Waals surface area contributed by atoms with Crippen molar-refractivity contribution in [3.63, 3.8) is 0 Å². The van der Waals surface area contributed by atoms with Crippen molar-refractivity contribution < 1.29 is 13.2 Å². The van der Waals surface area contributed by atoms with Crippen LogP contribution in [0.15, 0.2) is 59.7 Å². The number of nitriles is 7. The Labute approximate surface area is 236 Å². The lowest BCUT2D eigenvalue weighted by atomic mass is 9.89. The van der Waals surface area contributed by atoms with Crippen molar-refractivity contribution in [2.75, 3.05) is 0 Å². The Kier molecular flexibility index (Phi) is 6.16. The minimum atomic E-state index is -4.68. The van der Waals surface area contributed by atoms with E-state index in [-0.39, 0.29) is 66.8 Å². The van der Waals surface area contributed by atoms with Gasteiger partial charge in [-0.3, -0.25) is 0 Å². The van der Waals surface area contributed by atoms with Gasteiger partial charge in [-0.15, -0.1) is 0 Å². The van der Waals surface area contributed by atoms with E-state index in [0.717, 1.165) is 12.1 Å². The number of halogens is 3. The zero-order chi connectivity index (χ0) is 30.3. The van der Waals surface area contributed by atoms with Gasteiger partial charge in [0.25, 0.3) is 0 Å². The largest absolute Gasteiger partial charge is 0.416 e. The monoisotopic (exact) mass is 547 g/mol. The summed E-state index contributed by atoms with van der Waals surface area (Å²) in [5.74, 6) is 0. The van der Waals surface area contributed by atoms with Crippen LogP contribution in [-0.2, 0) is 6.18 Å². The number of hydrogen-bond donors (Lipinski definition) is 0. The van der Waals surface area contributed by atoms with Crippen molar-refractivity contribution in [2.45, 2.75) is 6.18 Å². The topological polar surface area (TPSA) is 167 Å². The van der Waals surface area contributed by atoms with Gasteiger partial charge in [0, 0.05) is 22.3 Å². The maximum atomic E-state index is 13.6. The van der Waals surface area contributed by atoms with Gasteiger partial charge in [0.15, 0.2) is 0 Å². The van der Waals surface area contributed by atoms with Gasteiger partial charge in [-0.1, -0.05) is 18.2 Å². The molecular formula is C32H8F3N7.